The minimum absolute atomic E-state index is 0.0756. The molecule has 0 atom stereocenters. The number of ether oxygens (including phenoxy) is 1. The van der Waals surface area contributed by atoms with Gasteiger partial charge in [-0.25, -0.2) is 13.2 Å². The third-order valence-corrected chi connectivity index (χ3v) is 5.53. The van der Waals surface area contributed by atoms with Crippen LogP contribution in [0.15, 0.2) is 29.2 Å². The zero-order chi connectivity index (χ0) is 21.4. The SMILES string of the molecule is CC(C)(C)OC(=O)N1CCc2[nH]nc(NS(=O)(=O)c3ccc([N+](=O)[O-])cc3)c2C1. The van der Waals surface area contributed by atoms with Crippen LogP contribution in [-0.4, -0.2) is 46.7 Å². The van der Waals surface area contributed by atoms with E-state index in [1.54, 1.807) is 20.8 Å². The maximum absolute atomic E-state index is 12.6. The van der Waals surface area contributed by atoms with E-state index in [0.29, 0.717) is 18.5 Å². The standard InChI is InChI=1S/C17H21N5O6S/c1-17(2,3)28-16(23)21-9-8-14-13(10-21)15(19-18-14)20-29(26,27)12-6-4-11(5-7-12)22(24)25/h4-7H,8-10H2,1-3H3,(H2,18,19,20). The molecule has 2 aromatic rings. The second-order valence-electron chi connectivity index (χ2n) is 7.54. The van der Waals surface area contributed by atoms with Crippen molar-refractivity contribution in [3.8, 4) is 0 Å². The first-order valence-electron chi connectivity index (χ1n) is 8.77. The molecule has 1 amide bonds. The number of fused-ring (bicyclic) bond motifs is 1. The largest absolute Gasteiger partial charge is 0.444 e. The summed E-state index contributed by atoms with van der Waals surface area (Å²) < 4.78 is 33.0. The van der Waals surface area contributed by atoms with Gasteiger partial charge in [0, 0.05) is 36.4 Å². The van der Waals surface area contributed by atoms with Crippen LogP contribution in [0.4, 0.5) is 16.3 Å². The number of H-pyrrole nitrogens is 1. The predicted molar refractivity (Wildman–Crippen MR) is 103 cm³/mol. The highest BCUT2D eigenvalue weighted by Gasteiger charge is 2.30. The number of hydrogen-bond donors (Lipinski definition) is 2. The number of aromatic amines is 1. The minimum atomic E-state index is -4.02. The van der Waals surface area contributed by atoms with Crippen molar-refractivity contribution in [1.82, 2.24) is 15.1 Å². The van der Waals surface area contributed by atoms with Crippen molar-refractivity contribution in [3.63, 3.8) is 0 Å². The molecule has 0 bridgehead atoms. The smallest absolute Gasteiger partial charge is 0.410 e. The number of aromatic nitrogens is 2. The molecule has 1 aliphatic rings. The average molecular weight is 423 g/mol. The minimum Gasteiger partial charge on any atom is -0.444 e. The summed E-state index contributed by atoms with van der Waals surface area (Å²) in [5.41, 5.74) is 0.418. The first-order chi connectivity index (χ1) is 13.5. The van der Waals surface area contributed by atoms with Gasteiger partial charge in [0.2, 0.25) is 0 Å². The Balaban J connectivity index is 1.79. The van der Waals surface area contributed by atoms with Gasteiger partial charge in [-0.3, -0.25) is 19.9 Å². The molecule has 12 heteroatoms. The van der Waals surface area contributed by atoms with Gasteiger partial charge >= 0.3 is 6.09 Å². The lowest BCUT2D eigenvalue weighted by Crippen LogP contribution is -2.40. The molecule has 11 nitrogen and oxygen atoms in total. The highest BCUT2D eigenvalue weighted by Crippen LogP contribution is 2.27. The Labute approximate surface area is 167 Å². The molecular formula is C17H21N5O6S. The molecule has 2 N–H and O–H groups in total. The van der Waals surface area contributed by atoms with Crippen molar-refractivity contribution in [2.75, 3.05) is 11.3 Å². The summed E-state index contributed by atoms with van der Waals surface area (Å²) in [6, 6.07) is 4.51. The molecule has 156 valence electrons. The van der Waals surface area contributed by atoms with Crippen LogP contribution in [0.5, 0.6) is 0 Å². The van der Waals surface area contributed by atoms with Gasteiger partial charge in [0.15, 0.2) is 5.82 Å². The van der Waals surface area contributed by atoms with Crippen molar-refractivity contribution in [1.29, 1.82) is 0 Å². The van der Waals surface area contributed by atoms with Gasteiger partial charge in [-0.1, -0.05) is 0 Å². The molecule has 1 aromatic carbocycles. The number of amides is 1. The van der Waals surface area contributed by atoms with Gasteiger partial charge in [-0.15, -0.1) is 0 Å². The summed E-state index contributed by atoms with van der Waals surface area (Å²) in [4.78, 5) is 23.8. The number of carbonyl (C=O) groups excluding carboxylic acids is 1. The second kappa shape index (κ2) is 7.35. The maximum Gasteiger partial charge on any atom is 0.410 e. The van der Waals surface area contributed by atoms with Crippen molar-refractivity contribution in [2.45, 2.75) is 44.2 Å². The van der Waals surface area contributed by atoms with Crippen LogP contribution in [0.3, 0.4) is 0 Å². The van der Waals surface area contributed by atoms with E-state index in [1.807, 2.05) is 0 Å². The average Bonchev–Trinajstić information content (AvgIpc) is 3.02. The first kappa shape index (κ1) is 20.6. The lowest BCUT2D eigenvalue weighted by Gasteiger charge is -2.30. The van der Waals surface area contributed by atoms with E-state index in [9.17, 15) is 23.3 Å². The van der Waals surface area contributed by atoms with Gasteiger partial charge in [0.1, 0.15) is 5.60 Å². The Kier molecular flexibility index (Phi) is 5.22. The van der Waals surface area contributed by atoms with E-state index < -0.39 is 26.6 Å². The Hall–Kier alpha value is -3.15. The topological polar surface area (TPSA) is 148 Å². The molecule has 2 heterocycles. The third-order valence-electron chi connectivity index (χ3n) is 4.17. The van der Waals surface area contributed by atoms with Crippen molar-refractivity contribution >= 4 is 27.6 Å². The third kappa shape index (κ3) is 4.65. The summed E-state index contributed by atoms with van der Waals surface area (Å²) in [5, 5.41) is 17.5. The van der Waals surface area contributed by atoms with Crippen LogP contribution in [0.25, 0.3) is 0 Å². The number of hydrogen-bond acceptors (Lipinski definition) is 7. The molecule has 3 rings (SSSR count). The van der Waals surface area contributed by atoms with Gasteiger partial charge in [-0.05, 0) is 32.9 Å². The molecule has 0 spiro atoms. The number of rotatable bonds is 4. The molecular weight excluding hydrogens is 402 g/mol. The van der Waals surface area contributed by atoms with E-state index >= 15 is 0 Å². The molecule has 0 saturated heterocycles. The number of benzene rings is 1. The molecule has 1 aromatic heterocycles. The number of nitrogens with one attached hydrogen (secondary N) is 2. The van der Waals surface area contributed by atoms with Crippen molar-refractivity contribution in [2.24, 2.45) is 0 Å². The quantitative estimate of drug-likeness (QED) is 0.567. The lowest BCUT2D eigenvalue weighted by atomic mass is 10.1. The Bertz CT molecular complexity index is 1040. The van der Waals surface area contributed by atoms with E-state index in [-0.39, 0.29) is 22.9 Å². The molecule has 29 heavy (non-hydrogen) atoms. The zero-order valence-corrected chi connectivity index (χ0v) is 16.9. The molecule has 0 saturated carbocycles. The monoisotopic (exact) mass is 423 g/mol. The fourth-order valence-corrected chi connectivity index (χ4v) is 3.83. The Morgan fingerprint density at radius 1 is 1.31 bits per heavy atom. The predicted octanol–water partition coefficient (Wildman–Crippen LogP) is 2.41. The zero-order valence-electron chi connectivity index (χ0n) is 16.1. The van der Waals surface area contributed by atoms with Gasteiger partial charge in [0.25, 0.3) is 15.7 Å². The van der Waals surface area contributed by atoms with E-state index in [0.717, 1.165) is 30.0 Å². The normalized spacial score (nSPS) is 14.2. The van der Waals surface area contributed by atoms with Gasteiger partial charge in [-0.2, -0.15) is 5.10 Å². The maximum atomic E-state index is 12.6. The second-order valence-corrected chi connectivity index (χ2v) is 9.22. The molecule has 1 aliphatic heterocycles. The summed E-state index contributed by atoms with van der Waals surface area (Å²) in [5.74, 6) is 0.0756. The van der Waals surface area contributed by atoms with Crippen LogP contribution in [0.2, 0.25) is 0 Å². The number of nitro groups is 1. The van der Waals surface area contributed by atoms with E-state index in [2.05, 4.69) is 14.9 Å². The molecule has 0 unspecified atom stereocenters. The summed E-state index contributed by atoms with van der Waals surface area (Å²) in [6.07, 6.45) is -0.0191. The molecule has 0 aliphatic carbocycles. The van der Waals surface area contributed by atoms with Crippen LogP contribution >= 0.6 is 0 Å². The van der Waals surface area contributed by atoms with E-state index in [1.165, 1.54) is 4.90 Å². The lowest BCUT2D eigenvalue weighted by molar-refractivity contribution is -0.384. The number of carbonyl (C=O) groups is 1. The summed E-state index contributed by atoms with van der Waals surface area (Å²) in [7, 11) is -4.02. The Morgan fingerprint density at radius 3 is 2.55 bits per heavy atom. The fraction of sp³-hybridized carbons (Fsp3) is 0.412. The van der Waals surface area contributed by atoms with Crippen LogP contribution < -0.4 is 4.72 Å². The van der Waals surface area contributed by atoms with Crippen LogP contribution in [0, 0.1) is 10.1 Å². The Morgan fingerprint density at radius 2 is 1.97 bits per heavy atom. The number of sulfonamides is 1. The fourth-order valence-electron chi connectivity index (χ4n) is 2.79. The van der Waals surface area contributed by atoms with Gasteiger partial charge < -0.3 is 9.64 Å². The van der Waals surface area contributed by atoms with Gasteiger partial charge in [0.05, 0.1) is 16.4 Å². The summed E-state index contributed by atoms with van der Waals surface area (Å²) >= 11 is 0. The summed E-state index contributed by atoms with van der Waals surface area (Å²) in [6.45, 7) is 5.85. The first-order valence-corrected chi connectivity index (χ1v) is 10.3. The highest BCUT2D eigenvalue weighted by atomic mass is 32.2. The highest BCUT2D eigenvalue weighted by molar-refractivity contribution is 7.92. The number of nitro benzene ring substituents is 1. The van der Waals surface area contributed by atoms with Crippen molar-refractivity contribution < 1.29 is 22.9 Å². The number of nitrogens with zero attached hydrogens (tertiary/aromatic N) is 3. The number of non-ortho nitro benzene ring substituents is 1. The number of anilines is 1. The molecule has 0 radical (unpaired) electrons. The molecule has 0 fully saturated rings. The van der Waals surface area contributed by atoms with Crippen LogP contribution in [-0.2, 0) is 27.7 Å². The van der Waals surface area contributed by atoms with Crippen molar-refractivity contribution in [3.05, 3.63) is 45.6 Å². The van der Waals surface area contributed by atoms with Crippen LogP contribution in [0.1, 0.15) is 32.0 Å². The van der Waals surface area contributed by atoms with E-state index in [4.69, 9.17) is 4.74 Å².